The van der Waals surface area contributed by atoms with Crippen LogP contribution in [0.3, 0.4) is 0 Å². The number of thiophene rings is 1. The molecule has 2 nitrogen and oxygen atoms in total. The van der Waals surface area contributed by atoms with Gasteiger partial charge in [-0.25, -0.2) is 0 Å². The topological polar surface area (TPSA) is 15.3 Å². The number of piperazine rings is 1. The van der Waals surface area contributed by atoms with Crippen LogP contribution < -0.4 is 5.32 Å². The van der Waals surface area contributed by atoms with Crippen LogP contribution in [-0.2, 0) is 6.54 Å². The summed E-state index contributed by atoms with van der Waals surface area (Å²) in [6.45, 7) is 13.7. The second-order valence-corrected chi connectivity index (χ2v) is 6.83. The third-order valence-corrected chi connectivity index (χ3v) is 4.83. The van der Waals surface area contributed by atoms with Crippen molar-refractivity contribution in [2.24, 2.45) is 5.92 Å². The Labute approximate surface area is 109 Å². The van der Waals surface area contributed by atoms with Crippen molar-refractivity contribution in [1.82, 2.24) is 10.2 Å². The highest BCUT2D eigenvalue weighted by Crippen LogP contribution is 2.22. The fourth-order valence-electron chi connectivity index (χ4n) is 2.38. The van der Waals surface area contributed by atoms with Gasteiger partial charge in [-0.15, -0.1) is 11.3 Å². The first-order valence-corrected chi connectivity index (χ1v) is 7.39. The van der Waals surface area contributed by atoms with E-state index in [1.54, 1.807) is 0 Å². The minimum atomic E-state index is 0.658. The standard InChI is InChI=1S/C14H24N2S/c1-10(2)14-9-16(6-5-15-14)8-13-7-11(3)12(4)17-13/h7,10,14-15H,5-6,8-9H2,1-4H3. The lowest BCUT2D eigenvalue weighted by Crippen LogP contribution is -2.52. The molecule has 1 aromatic heterocycles. The molecule has 1 unspecified atom stereocenters. The number of hydrogen-bond donors (Lipinski definition) is 1. The van der Waals surface area contributed by atoms with Crippen molar-refractivity contribution < 1.29 is 0 Å². The van der Waals surface area contributed by atoms with Gasteiger partial charge >= 0.3 is 0 Å². The van der Waals surface area contributed by atoms with E-state index in [-0.39, 0.29) is 0 Å². The lowest BCUT2D eigenvalue weighted by Gasteiger charge is -2.35. The summed E-state index contributed by atoms with van der Waals surface area (Å²) < 4.78 is 0. The Hall–Kier alpha value is -0.380. The lowest BCUT2D eigenvalue weighted by molar-refractivity contribution is 0.170. The molecule has 1 aliphatic heterocycles. The van der Waals surface area contributed by atoms with Gasteiger partial charge in [-0.2, -0.15) is 0 Å². The van der Waals surface area contributed by atoms with Crippen molar-refractivity contribution in [3.63, 3.8) is 0 Å². The van der Waals surface area contributed by atoms with Gasteiger partial charge in [-0.05, 0) is 31.4 Å². The van der Waals surface area contributed by atoms with E-state index < -0.39 is 0 Å². The maximum atomic E-state index is 3.61. The highest BCUT2D eigenvalue weighted by Gasteiger charge is 2.21. The molecule has 3 heteroatoms. The molecule has 0 aromatic carbocycles. The van der Waals surface area contributed by atoms with E-state index >= 15 is 0 Å². The van der Waals surface area contributed by atoms with Gasteiger partial charge in [0.1, 0.15) is 0 Å². The average molecular weight is 252 g/mol. The summed E-state index contributed by atoms with van der Waals surface area (Å²) in [6.07, 6.45) is 0. The van der Waals surface area contributed by atoms with E-state index in [0.717, 1.165) is 19.0 Å². The molecule has 0 spiro atoms. The van der Waals surface area contributed by atoms with Crippen LogP contribution in [0.2, 0.25) is 0 Å². The third-order valence-electron chi connectivity index (χ3n) is 3.69. The molecule has 0 aliphatic carbocycles. The van der Waals surface area contributed by atoms with E-state index in [0.29, 0.717) is 6.04 Å². The summed E-state index contributed by atoms with van der Waals surface area (Å²) in [4.78, 5) is 5.58. The van der Waals surface area contributed by atoms with Gasteiger partial charge < -0.3 is 5.32 Å². The Morgan fingerprint density at radius 3 is 2.82 bits per heavy atom. The van der Waals surface area contributed by atoms with Crippen LogP contribution >= 0.6 is 11.3 Å². The maximum Gasteiger partial charge on any atom is 0.0329 e. The largest absolute Gasteiger partial charge is 0.311 e. The fourth-order valence-corrected chi connectivity index (χ4v) is 3.48. The SMILES string of the molecule is Cc1cc(CN2CCNC(C(C)C)C2)sc1C. The molecule has 1 aliphatic rings. The second-order valence-electron chi connectivity index (χ2n) is 5.49. The Kier molecular flexibility index (Phi) is 4.23. The van der Waals surface area contributed by atoms with Gasteiger partial charge in [-0.3, -0.25) is 4.90 Å². The number of rotatable bonds is 3. The van der Waals surface area contributed by atoms with Crippen LogP contribution in [0.5, 0.6) is 0 Å². The summed E-state index contributed by atoms with van der Waals surface area (Å²) in [5.74, 6) is 0.726. The fraction of sp³-hybridized carbons (Fsp3) is 0.714. The van der Waals surface area contributed by atoms with Crippen molar-refractivity contribution in [3.05, 3.63) is 21.4 Å². The van der Waals surface area contributed by atoms with Crippen LogP contribution in [-0.4, -0.2) is 30.6 Å². The highest BCUT2D eigenvalue weighted by atomic mass is 32.1. The molecule has 96 valence electrons. The molecule has 1 fully saturated rings. The first-order chi connectivity index (χ1) is 8.06. The number of nitrogens with zero attached hydrogens (tertiary/aromatic N) is 1. The first-order valence-electron chi connectivity index (χ1n) is 6.58. The zero-order chi connectivity index (χ0) is 12.4. The maximum absolute atomic E-state index is 3.61. The minimum absolute atomic E-state index is 0.658. The number of aryl methyl sites for hydroxylation is 2. The van der Waals surface area contributed by atoms with Gasteiger partial charge in [0.05, 0.1) is 0 Å². The summed E-state index contributed by atoms with van der Waals surface area (Å²) in [6, 6.07) is 3.01. The van der Waals surface area contributed by atoms with Gasteiger partial charge in [0.2, 0.25) is 0 Å². The zero-order valence-corrected chi connectivity index (χ0v) is 12.2. The van der Waals surface area contributed by atoms with Crippen molar-refractivity contribution in [2.75, 3.05) is 19.6 Å². The molecule has 2 rings (SSSR count). The summed E-state index contributed by atoms with van der Waals surface area (Å²) in [5, 5.41) is 3.61. The highest BCUT2D eigenvalue weighted by molar-refractivity contribution is 7.12. The summed E-state index contributed by atoms with van der Waals surface area (Å²) in [5.41, 5.74) is 1.44. The van der Waals surface area contributed by atoms with Crippen molar-refractivity contribution in [2.45, 2.75) is 40.3 Å². The van der Waals surface area contributed by atoms with Gasteiger partial charge in [0, 0.05) is 42.0 Å². The summed E-state index contributed by atoms with van der Waals surface area (Å²) in [7, 11) is 0. The van der Waals surface area contributed by atoms with Gasteiger partial charge in [-0.1, -0.05) is 13.8 Å². The van der Waals surface area contributed by atoms with Gasteiger partial charge in [0.25, 0.3) is 0 Å². The molecule has 1 aromatic rings. The molecule has 0 saturated carbocycles. The number of hydrogen-bond acceptors (Lipinski definition) is 3. The van der Waals surface area contributed by atoms with E-state index in [1.807, 2.05) is 11.3 Å². The molecule has 0 radical (unpaired) electrons. The van der Waals surface area contributed by atoms with E-state index in [4.69, 9.17) is 0 Å². The molecular formula is C14H24N2S. The van der Waals surface area contributed by atoms with Gasteiger partial charge in [0.15, 0.2) is 0 Å². The van der Waals surface area contributed by atoms with Crippen molar-refractivity contribution >= 4 is 11.3 Å². The molecule has 1 atom stereocenters. The monoisotopic (exact) mass is 252 g/mol. The van der Waals surface area contributed by atoms with Crippen molar-refractivity contribution in [3.8, 4) is 0 Å². The van der Waals surface area contributed by atoms with Crippen LogP contribution in [0.25, 0.3) is 0 Å². The third kappa shape index (κ3) is 3.30. The molecular weight excluding hydrogens is 228 g/mol. The van der Waals surface area contributed by atoms with Crippen LogP contribution in [0, 0.1) is 19.8 Å². The van der Waals surface area contributed by atoms with E-state index in [2.05, 4.69) is 44.0 Å². The van der Waals surface area contributed by atoms with E-state index in [9.17, 15) is 0 Å². The molecule has 0 amide bonds. The number of nitrogens with one attached hydrogen (secondary N) is 1. The Morgan fingerprint density at radius 2 is 2.24 bits per heavy atom. The molecule has 1 saturated heterocycles. The Balaban J connectivity index is 1.94. The average Bonchev–Trinajstić information content (AvgIpc) is 2.58. The zero-order valence-electron chi connectivity index (χ0n) is 11.4. The Bertz CT molecular complexity index is 351. The van der Waals surface area contributed by atoms with Crippen LogP contribution in [0.15, 0.2) is 6.07 Å². The van der Waals surface area contributed by atoms with Crippen molar-refractivity contribution in [1.29, 1.82) is 0 Å². The minimum Gasteiger partial charge on any atom is -0.311 e. The van der Waals surface area contributed by atoms with Crippen LogP contribution in [0.4, 0.5) is 0 Å². The Morgan fingerprint density at radius 1 is 1.47 bits per heavy atom. The molecule has 2 heterocycles. The second kappa shape index (κ2) is 5.51. The predicted octanol–water partition coefficient (Wildman–Crippen LogP) is 2.79. The first kappa shape index (κ1) is 13.1. The van der Waals surface area contributed by atoms with E-state index in [1.165, 1.54) is 28.4 Å². The quantitative estimate of drug-likeness (QED) is 0.890. The smallest absolute Gasteiger partial charge is 0.0329 e. The molecule has 0 bridgehead atoms. The lowest BCUT2D eigenvalue weighted by atomic mass is 10.0. The normalized spacial score (nSPS) is 22.3. The predicted molar refractivity (Wildman–Crippen MR) is 75.7 cm³/mol. The molecule has 17 heavy (non-hydrogen) atoms. The van der Waals surface area contributed by atoms with Crippen LogP contribution in [0.1, 0.15) is 29.2 Å². The molecule has 1 N–H and O–H groups in total. The summed E-state index contributed by atoms with van der Waals surface area (Å²) >= 11 is 1.96.